The van der Waals surface area contributed by atoms with Crippen LogP contribution >= 0.6 is 0 Å². The molecule has 0 spiro atoms. The Balaban J connectivity index is 0.984. The molecule has 0 amide bonds. The largest absolute Gasteiger partial charge is 0.469 e. The van der Waals surface area contributed by atoms with Crippen LogP contribution in [-0.4, -0.2) is 74.1 Å². The van der Waals surface area contributed by atoms with E-state index in [0.29, 0.717) is 23.7 Å². The fraction of sp³-hybridized carbons (Fsp3) is 0.633. The van der Waals surface area contributed by atoms with Crippen molar-refractivity contribution in [3.8, 4) is 5.88 Å². The molecule has 0 bridgehead atoms. The van der Waals surface area contributed by atoms with Crippen molar-refractivity contribution in [3.63, 3.8) is 0 Å². The SMILES string of the molecule is Cn1c(COc2cc(C(F)(F)F)ccn2)nnc1C1CCC(C2=C/[N+](=C\C3CCC(N4CCOCC4)CC3)N=C2)CC1. The van der Waals surface area contributed by atoms with E-state index in [0.717, 1.165) is 76.1 Å². The van der Waals surface area contributed by atoms with Crippen molar-refractivity contribution < 1.29 is 27.3 Å². The molecule has 0 N–H and O–H groups in total. The van der Waals surface area contributed by atoms with Gasteiger partial charge < -0.3 is 14.0 Å². The summed E-state index contributed by atoms with van der Waals surface area (Å²) in [5, 5.41) is 13.3. The van der Waals surface area contributed by atoms with Crippen LogP contribution in [0.2, 0.25) is 0 Å². The van der Waals surface area contributed by atoms with Crippen molar-refractivity contribution >= 4 is 12.4 Å². The molecule has 0 atom stereocenters. The molecule has 9 nitrogen and oxygen atoms in total. The van der Waals surface area contributed by atoms with Gasteiger partial charge in [-0.25, -0.2) is 4.98 Å². The van der Waals surface area contributed by atoms with Crippen LogP contribution in [0, 0.1) is 11.8 Å². The Morgan fingerprint density at radius 3 is 2.50 bits per heavy atom. The lowest BCUT2D eigenvalue weighted by molar-refractivity contribution is -0.455. The molecule has 2 aliphatic heterocycles. The monoisotopic (exact) mass is 586 g/mol. The van der Waals surface area contributed by atoms with Crippen LogP contribution in [0.3, 0.4) is 0 Å². The highest BCUT2D eigenvalue weighted by Gasteiger charge is 2.33. The van der Waals surface area contributed by atoms with Crippen molar-refractivity contribution in [1.82, 2.24) is 24.6 Å². The van der Waals surface area contributed by atoms with Crippen LogP contribution in [0.4, 0.5) is 13.2 Å². The molecule has 42 heavy (non-hydrogen) atoms. The van der Waals surface area contributed by atoms with E-state index in [-0.39, 0.29) is 18.4 Å². The molecule has 1 saturated heterocycles. The van der Waals surface area contributed by atoms with Crippen molar-refractivity contribution in [2.24, 2.45) is 24.0 Å². The smallest absolute Gasteiger partial charge is 0.416 e. The zero-order valence-corrected chi connectivity index (χ0v) is 24.0. The van der Waals surface area contributed by atoms with E-state index in [1.54, 1.807) is 0 Å². The number of aromatic nitrogens is 4. The Morgan fingerprint density at radius 1 is 1.02 bits per heavy atom. The first-order chi connectivity index (χ1) is 20.3. The molecular formula is C30H39F3N7O2+. The highest BCUT2D eigenvalue weighted by atomic mass is 19.4. The number of hydrogen-bond acceptors (Lipinski definition) is 7. The molecule has 3 fully saturated rings. The zero-order chi connectivity index (χ0) is 29.1. The van der Waals surface area contributed by atoms with Crippen LogP contribution in [0.25, 0.3) is 0 Å². The van der Waals surface area contributed by atoms with Crippen LogP contribution in [0.5, 0.6) is 5.88 Å². The van der Waals surface area contributed by atoms with Gasteiger partial charge in [-0.1, -0.05) is 4.68 Å². The van der Waals surface area contributed by atoms with Crippen molar-refractivity contribution in [2.45, 2.75) is 76.1 Å². The van der Waals surface area contributed by atoms with Gasteiger partial charge >= 0.3 is 6.18 Å². The number of alkyl halides is 3. The predicted octanol–water partition coefficient (Wildman–Crippen LogP) is 4.94. The summed E-state index contributed by atoms with van der Waals surface area (Å²) in [6.07, 6.45) is 12.2. The van der Waals surface area contributed by atoms with Crippen LogP contribution in [-0.2, 0) is 24.6 Å². The molecule has 2 aliphatic carbocycles. The molecule has 0 unspecified atom stereocenters. The molecule has 12 heteroatoms. The third-order valence-corrected chi connectivity index (χ3v) is 9.26. The Bertz CT molecular complexity index is 1320. The number of allylic oxidation sites excluding steroid dienone is 1. The third kappa shape index (κ3) is 6.75. The van der Waals surface area contributed by atoms with Gasteiger partial charge in [-0.2, -0.15) is 13.2 Å². The van der Waals surface area contributed by atoms with Crippen molar-refractivity contribution in [1.29, 1.82) is 0 Å². The minimum absolute atomic E-state index is 0.00228. The van der Waals surface area contributed by atoms with Gasteiger partial charge in [0.2, 0.25) is 12.1 Å². The fourth-order valence-electron chi connectivity index (χ4n) is 6.76. The number of ether oxygens (including phenoxy) is 2. The maximum absolute atomic E-state index is 13.0. The highest BCUT2D eigenvalue weighted by Crippen LogP contribution is 2.38. The van der Waals surface area contributed by atoms with Gasteiger partial charge in [-0.05, 0) is 68.5 Å². The lowest BCUT2D eigenvalue weighted by Gasteiger charge is -2.37. The molecule has 2 saturated carbocycles. The van der Waals surface area contributed by atoms with E-state index in [1.807, 2.05) is 22.5 Å². The number of hydrazone groups is 1. The number of pyridine rings is 1. The summed E-state index contributed by atoms with van der Waals surface area (Å²) in [5.41, 5.74) is 0.505. The average molecular weight is 587 g/mol. The first-order valence-corrected chi connectivity index (χ1v) is 15.1. The van der Waals surface area contributed by atoms with E-state index >= 15 is 0 Å². The lowest BCUT2D eigenvalue weighted by Crippen LogP contribution is -2.45. The second kappa shape index (κ2) is 12.6. The molecule has 2 aromatic heterocycles. The second-order valence-corrected chi connectivity index (χ2v) is 11.9. The van der Waals surface area contributed by atoms with Gasteiger partial charge in [0.1, 0.15) is 18.6 Å². The van der Waals surface area contributed by atoms with E-state index in [2.05, 4.69) is 37.6 Å². The molecule has 0 radical (unpaired) electrons. The van der Waals surface area contributed by atoms with Gasteiger partial charge in [0.15, 0.2) is 12.0 Å². The summed E-state index contributed by atoms with van der Waals surface area (Å²) < 4.78 is 53.9. The molecule has 6 rings (SSSR count). The number of morpholine rings is 1. The molecule has 4 heterocycles. The highest BCUT2D eigenvalue weighted by molar-refractivity contribution is 5.80. The Kier molecular flexibility index (Phi) is 8.71. The summed E-state index contributed by atoms with van der Waals surface area (Å²) >= 11 is 0. The third-order valence-electron chi connectivity index (χ3n) is 9.26. The van der Waals surface area contributed by atoms with Crippen LogP contribution < -0.4 is 4.74 Å². The number of hydrogen-bond donors (Lipinski definition) is 0. The summed E-state index contributed by atoms with van der Waals surface area (Å²) in [5.74, 6) is 2.69. The first-order valence-electron chi connectivity index (χ1n) is 15.1. The normalized spacial score (nSPS) is 28.3. The molecular weight excluding hydrogens is 547 g/mol. The van der Waals surface area contributed by atoms with Gasteiger partial charge in [0, 0.05) is 55.9 Å². The molecule has 4 aliphatic rings. The van der Waals surface area contributed by atoms with E-state index in [9.17, 15) is 13.2 Å². The number of nitrogens with zero attached hydrogens (tertiary/aromatic N) is 7. The minimum atomic E-state index is -4.45. The minimum Gasteiger partial charge on any atom is -0.469 e. The van der Waals surface area contributed by atoms with Gasteiger partial charge in [-0.3, -0.25) is 4.90 Å². The number of rotatable bonds is 7. The van der Waals surface area contributed by atoms with E-state index in [1.165, 1.54) is 31.3 Å². The number of halogens is 3. The summed E-state index contributed by atoms with van der Waals surface area (Å²) in [4.78, 5) is 6.50. The first kappa shape index (κ1) is 29.0. The maximum atomic E-state index is 13.0. The summed E-state index contributed by atoms with van der Waals surface area (Å²) in [7, 11) is 1.88. The summed E-state index contributed by atoms with van der Waals surface area (Å²) in [6.45, 7) is 3.86. The zero-order valence-electron chi connectivity index (χ0n) is 24.0. The Labute approximate surface area is 244 Å². The predicted molar refractivity (Wildman–Crippen MR) is 150 cm³/mol. The molecule has 2 aromatic rings. The standard InChI is InChI=1S/C30H39F3N7O2/c1-38-27(20-42-28-16-25(10-11-34-28)30(31,32)33)36-37-29(38)23-6-4-22(5-7-23)24-17-35-40(19-24)18-21-2-8-26(9-3-21)39-12-14-41-15-13-39/h10-11,16-19,21-23,26H,2-9,12-15,20H2,1H3/q+1/b40-18+. The van der Waals surface area contributed by atoms with E-state index < -0.39 is 11.7 Å². The maximum Gasteiger partial charge on any atom is 0.416 e. The summed E-state index contributed by atoms with van der Waals surface area (Å²) in [6, 6.07) is 2.52. The van der Waals surface area contributed by atoms with Crippen molar-refractivity contribution in [2.75, 3.05) is 26.3 Å². The topological polar surface area (TPSA) is 80.7 Å². The van der Waals surface area contributed by atoms with Gasteiger partial charge in [0.25, 0.3) is 0 Å². The Morgan fingerprint density at radius 2 is 1.76 bits per heavy atom. The van der Waals surface area contributed by atoms with Crippen LogP contribution in [0.15, 0.2) is 35.2 Å². The van der Waals surface area contributed by atoms with Crippen molar-refractivity contribution in [3.05, 3.63) is 47.3 Å². The average Bonchev–Trinajstić information content (AvgIpc) is 3.63. The van der Waals surface area contributed by atoms with E-state index in [4.69, 9.17) is 9.47 Å². The van der Waals surface area contributed by atoms with Gasteiger partial charge in [0.05, 0.1) is 18.8 Å². The fourth-order valence-corrected chi connectivity index (χ4v) is 6.76. The molecule has 0 aromatic carbocycles. The lowest BCUT2D eigenvalue weighted by atomic mass is 9.78. The Hall–Kier alpha value is -3.12. The second-order valence-electron chi connectivity index (χ2n) is 11.9. The van der Waals surface area contributed by atoms with Gasteiger partial charge in [-0.15, -0.1) is 10.2 Å². The quantitative estimate of drug-likeness (QED) is 0.428. The van der Waals surface area contributed by atoms with Crippen LogP contribution in [0.1, 0.15) is 74.5 Å². The molecule has 226 valence electrons.